The van der Waals surface area contributed by atoms with Crippen LogP contribution < -0.4 is 0 Å². The molecule has 9 aromatic carbocycles. The van der Waals surface area contributed by atoms with Crippen LogP contribution in [-0.4, -0.2) is 9.13 Å². The molecule has 2 heterocycles. The molecule has 0 N–H and O–H groups in total. The Kier molecular flexibility index (Phi) is 7.75. The molecular weight excluding hydrogens is 689 g/mol. The summed E-state index contributed by atoms with van der Waals surface area (Å²) in [5.74, 6) is 0. The van der Waals surface area contributed by atoms with E-state index in [0.29, 0.717) is 0 Å². The molecule has 0 unspecified atom stereocenters. The van der Waals surface area contributed by atoms with Gasteiger partial charge >= 0.3 is 0 Å². The minimum atomic E-state index is -0.547. The normalized spacial score (nSPS) is 11.9. The average molecular weight is 727 g/mol. The Labute approximate surface area is 332 Å². The van der Waals surface area contributed by atoms with Crippen molar-refractivity contribution in [1.29, 1.82) is 0 Å². The van der Waals surface area contributed by atoms with E-state index in [4.69, 9.17) is 0 Å². The van der Waals surface area contributed by atoms with E-state index < -0.39 is 5.41 Å². The summed E-state index contributed by atoms with van der Waals surface area (Å²) < 4.78 is 4.80. The average Bonchev–Trinajstić information content (AvgIpc) is 3.80. The molecule has 0 aliphatic carbocycles. The molecule has 0 aliphatic heterocycles. The Balaban J connectivity index is 1.18. The largest absolute Gasteiger partial charge is 0.309 e. The highest BCUT2D eigenvalue weighted by Crippen LogP contribution is 2.47. The zero-order valence-corrected chi connectivity index (χ0v) is 31.3. The molecule has 0 spiro atoms. The summed E-state index contributed by atoms with van der Waals surface area (Å²) in [6.45, 7) is 0. The van der Waals surface area contributed by atoms with Crippen molar-refractivity contribution in [3.05, 3.63) is 253 Å². The van der Waals surface area contributed by atoms with Crippen molar-refractivity contribution >= 4 is 43.6 Å². The zero-order valence-electron chi connectivity index (χ0n) is 31.3. The SMILES string of the molecule is c1ccc(-n2c3ccccc3c3cc(-c4ccc5c(c4)c4cc(C(c6ccccc6)(c6ccccc6)c6ccccc6)ccc4n5-c4ccccc4)ccc32)cc1. The van der Waals surface area contributed by atoms with Crippen LogP contribution >= 0.6 is 0 Å². The molecule has 0 saturated carbocycles. The van der Waals surface area contributed by atoms with Crippen molar-refractivity contribution in [3.8, 4) is 22.5 Å². The van der Waals surface area contributed by atoms with Crippen LogP contribution in [0, 0.1) is 0 Å². The van der Waals surface area contributed by atoms with E-state index in [1.54, 1.807) is 0 Å². The first-order valence-corrected chi connectivity index (χ1v) is 19.7. The van der Waals surface area contributed by atoms with Gasteiger partial charge in [-0.05, 0) is 100 Å². The van der Waals surface area contributed by atoms with Crippen molar-refractivity contribution in [3.63, 3.8) is 0 Å². The molecule has 0 saturated heterocycles. The van der Waals surface area contributed by atoms with Gasteiger partial charge in [0.1, 0.15) is 0 Å². The van der Waals surface area contributed by atoms with Crippen molar-refractivity contribution in [2.45, 2.75) is 5.41 Å². The molecule has 0 bridgehead atoms. The lowest BCUT2D eigenvalue weighted by atomic mass is 9.65. The van der Waals surface area contributed by atoms with Gasteiger partial charge in [-0.15, -0.1) is 0 Å². The standard InChI is InChI=1S/C55H38N2/c1-6-18-41(19-7-1)55(42-20-8-2-9-21-42,43-22-10-3-11-23-43)44-32-35-54-50(38-44)49-37-40(31-34-53(49)57(54)46-26-14-5-15-27-46)39-30-33-52-48(36-39)47-28-16-17-29-51(47)56(52)45-24-12-4-13-25-45/h1-38H. The second-order valence-electron chi connectivity index (χ2n) is 14.9. The first-order chi connectivity index (χ1) is 28.3. The first kappa shape index (κ1) is 33.0. The molecule has 57 heavy (non-hydrogen) atoms. The monoisotopic (exact) mass is 726 g/mol. The maximum Gasteiger partial charge on any atom is 0.0701 e. The Morgan fingerprint density at radius 2 is 0.596 bits per heavy atom. The van der Waals surface area contributed by atoms with Crippen LogP contribution in [0.15, 0.2) is 231 Å². The van der Waals surface area contributed by atoms with Gasteiger partial charge in [0.25, 0.3) is 0 Å². The number of hydrogen-bond acceptors (Lipinski definition) is 0. The van der Waals surface area contributed by atoms with E-state index in [1.165, 1.54) is 82.7 Å². The summed E-state index contributed by atoms with van der Waals surface area (Å²) in [7, 11) is 0. The van der Waals surface area contributed by atoms with Gasteiger partial charge in [-0.25, -0.2) is 0 Å². The number of fused-ring (bicyclic) bond motifs is 6. The molecule has 11 rings (SSSR count). The van der Waals surface area contributed by atoms with Crippen molar-refractivity contribution in [2.24, 2.45) is 0 Å². The van der Waals surface area contributed by atoms with Crippen LogP contribution in [-0.2, 0) is 5.41 Å². The van der Waals surface area contributed by atoms with Gasteiger partial charge in [-0.2, -0.15) is 0 Å². The highest BCUT2D eigenvalue weighted by atomic mass is 15.0. The van der Waals surface area contributed by atoms with Gasteiger partial charge in [0.2, 0.25) is 0 Å². The van der Waals surface area contributed by atoms with E-state index >= 15 is 0 Å². The summed E-state index contributed by atoms with van der Waals surface area (Å²) in [4.78, 5) is 0. The van der Waals surface area contributed by atoms with Gasteiger partial charge < -0.3 is 9.13 Å². The Bertz CT molecular complexity index is 3100. The van der Waals surface area contributed by atoms with E-state index in [1.807, 2.05) is 0 Å². The summed E-state index contributed by atoms with van der Waals surface area (Å²) in [6, 6.07) is 84.3. The van der Waals surface area contributed by atoms with E-state index in [-0.39, 0.29) is 0 Å². The van der Waals surface area contributed by atoms with Crippen LogP contribution in [0.3, 0.4) is 0 Å². The second kappa shape index (κ2) is 13.4. The summed E-state index contributed by atoms with van der Waals surface area (Å²) in [5.41, 5.74) is 13.9. The number of nitrogens with zero attached hydrogens (tertiary/aromatic N) is 2. The molecule has 0 radical (unpaired) electrons. The Morgan fingerprint density at radius 1 is 0.246 bits per heavy atom. The van der Waals surface area contributed by atoms with Crippen molar-refractivity contribution < 1.29 is 0 Å². The topological polar surface area (TPSA) is 9.86 Å². The third kappa shape index (κ3) is 5.18. The molecule has 0 fully saturated rings. The van der Waals surface area contributed by atoms with E-state index in [2.05, 4.69) is 240 Å². The zero-order chi connectivity index (χ0) is 37.8. The Morgan fingerprint density at radius 3 is 1.07 bits per heavy atom. The fraction of sp³-hybridized carbons (Fsp3) is 0.0182. The van der Waals surface area contributed by atoms with Gasteiger partial charge in [-0.1, -0.05) is 164 Å². The Hall–Kier alpha value is -7.42. The number of benzene rings is 9. The summed E-state index contributed by atoms with van der Waals surface area (Å²) >= 11 is 0. The molecular formula is C55H38N2. The smallest absolute Gasteiger partial charge is 0.0701 e. The molecule has 268 valence electrons. The predicted octanol–water partition coefficient (Wildman–Crippen LogP) is 13.9. The molecule has 2 nitrogen and oxygen atoms in total. The molecule has 2 aromatic heterocycles. The van der Waals surface area contributed by atoms with Gasteiger partial charge in [0.15, 0.2) is 0 Å². The summed E-state index contributed by atoms with van der Waals surface area (Å²) in [5, 5.41) is 4.95. The quantitative estimate of drug-likeness (QED) is 0.145. The summed E-state index contributed by atoms with van der Waals surface area (Å²) in [6.07, 6.45) is 0. The minimum Gasteiger partial charge on any atom is -0.309 e. The fourth-order valence-corrected chi connectivity index (χ4v) is 9.36. The van der Waals surface area contributed by atoms with Crippen LogP contribution in [0.1, 0.15) is 22.3 Å². The second-order valence-corrected chi connectivity index (χ2v) is 14.9. The lowest BCUT2D eigenvalue weighted by Crippen LogP contribution is -2.30. The third-order valence-corrected chi connectivity index (χ3v) is 11.9. The third-order valence-electron chi connectivity index (χ3n) is 11.9. The van der Waals surface area contributed by atoms with Crippen LogP contribution in [0.2, 0.25) is 0 Å². The van der Waals surface area contributed by atoms with E-state index in [0.717, 1.165) is 5.69 Å². The highest BCUT2D eigenvalue weighted by molar-refractivity contribution is 6.13. The highest BCUT2D eigenvalue weighted by Gasteiger charge is 2.38. The molecule has 11 aromatic rings. The van der Waals surface area contributed by atoms with Crippen molar-refractivity contribution in [2.75, 3.05) is 0 Å². The number of hydrogen-bond donors (Lipinski definition) is 0. The van der Waals surface area contributed by atoms with Gasteiger partial charge in [0, 0.05) is 32.9 Å². The van der Waals surface area contributed by atoms with Gasteiger partial charge in [-0.3, -0.25) is 0 Å². The maximum atomic E-state index is 2.46. The lowest BCUT2D eigenvalue weighted by Gasteiger charge is -2.37. The van der Waals surface area contributed by atoms with E-state index in [9.17, 15) is 0 Å². The molecule has 2 heteroatoms. The van der Waals surface area contributed by atoms with Crippen LogP contribution in [0.25, 0.3) is 66.1 Å². The number of rotatable bonds is 7. The molecule has 0 amide bonds. The maximum absolute atomic E-state index is 2.46. The van der Waals surface area contributed by atoms with Crippen LogP contribution in [0.4, 0.5) is 0 Å². The number of para-hydroxylation sites is 3. The van der Waals surface area contributed by atoms with Gasteiger partial charge in [0.05, 0.1) is 27.5 Å². The lowest BCUT2D eigenvalue weighted by molar-refractivity contribution is 0.746. The first-order valence-electron chi connectivity index (χ1n) is 19.7. The number of aromatic nitrogens is 2. The van der Waals surface area contributed by atoms with Crippen LogP contribution in [0.5, 0.6) is 0 Å². The predicted molar refractivity (Wildman–Crippen MR) is 239 cm³/mol. The molecule has 0 aliphatic rings. The van der Waals surface area contributed by atoms with Crippen molar-refractivity contribution in [1.82, 2.24) is 9.13 Å². The fourth-order valence-electron chi connectivity index (χ4n) is 9.36. The minimum absolute atomic E-state index is 0.547. The molecule has 0 atom stereocenters.